The van der Waals surface area contributed by atoms with Crippen molar-refractivity contribution in [2.45, 2.75) is 51.2 Å². The van der Waals surface area contributed by atoms with Gasteiger partial charge in [0.1, 0.15) is 0 Å². The molecule has 1 aromatic carbocycles. The molecule has 0 aliphatic heterocycles. The number of aliphatic hydroxyl groups is 1. The molecule has 0 saturated carbocycles. The molecule has 2 nitrogen and oxygen atoms in total. The molecule has 0 heterocycles. The first kappa shape index (κ1) is 13.2. The zero-order valence-corrected chi connectivity index (χ0v) is 10.3. The van der Waals surface area contributed by atoms with E-state index in [4.69, 9.17) is 5.73 Å². The zero-order chi connectivity index (χ0) is 12.0. The van der Waals surface area contributed by atoms with Gasteiger partial charge in [-0.25, -0.2) is 0 Å². The fourth-order valence-corrected chi connectivity index (χ4v) is 2.01. The van der Waals surface area contributed by atoms with Gasteiger partial charge in [-0.3, -0.25) is 0 Å². The Balaban J connectivity index is 2.79. The van der Waals surface area contributed by atoms with E-state index in [0.29, 0.717) is 6.42 Å². The van der Waals surface area contributed by atoms with E-state index in [1.807, 2.05) is 37.3 Å². The van der Waals surface area contributed by atoms with Crippen LogP contribution in [0, 0.1) is 0 Å². The monoisotopic (exact) mass is 221 g/mol. The SMILES string of the molecule is CCCCC(O)(CC)C(N)c1ccccc1. The van der Waals surface area contributed by atoms with Crippen LogP contribution in [0.15, 0.2) is 30.3 Å². The number of unbranched alkanes of at least 4 members (excludes halogenated alkanes) is 1. The van der Waals surface area contributed by atoms with Crippen LogP contribution in [-0.2, 0) is 0 Å². The van der Waals surface area contributed by atoms with E-state index in [-0.39, 0.29) is 6.04 Å². The Bertz CT molecular complexity index is 299. The summed E-state index contributed by atoms with van der Waals surface area (Å²) >= 11 is 0. The summed E-state index contributed by atoms with van der Waals surface area (Å²) in [6.45, 7) is 4.13. The standard InChI is InChI=1S/C14H23NO/c1-3-5-11-14(16,4-2)13(15)12-9-7-6-8-10-12/h6-10,13,16H,3-5,11,15H2,1-2H3. The van der Waals surface area contributed by atoms with Gasteiger partial charge >= 0.3 is 0 Å². The van der Waals surface area contributed by atoms with Gasteiger partial charge in [0.05, 0.1) is 11.6 Å². The summed E-state index contributed by atoms with van der Waals surface area (Å²) < 4.78 is 0. The second-order valence-corrected chi connectivity index (χ2v) is 4.45. The summed E-state index contributed by atoms with van der Waals surface area (Å²) in [5.74, 6) is 0. The molecule has 0 aromatic heterocycles. The van der Waals surface area contributed by atoms with Crippen molar-refractivity contribution < 1.29 is 5.11 Å². The second kappa shape index (κ2) is 6.02. The Morgan fingerprint density at radius 3 is 2.38 bits per heavy atom. The highest BCUT2D eigenvalue weighted by Crippen LogP contribution is 2.31. The lowest BCUT2D eigenvalue weighted by Crippen LogP contribution is -2.40. The van der Waals surface area contributed by atoms with Crippen molar-refractivity contribution in [3.63, 3.8) is 0 Å². The molecular weight excluding hydrogens is 198 g/mol. The fourth-order valence-electron chi connectivity index (χ4n) is 2.01. The van der Waals surface area contributed by atoms with Crippen LogP contribution < -0.4 is 5.73 Å². The number of hydrogen-bond acceptors (Lipinski definition) is 2. The Morgan fingerprint density at radius 2 is 1.88 bits per heavy atom. The fraction of sp³-hybridized carbons (Fsp3) is 0.571. The highest BCUT2D eigenvalue weighted by molar-refractivity contribution is 5.21. The molecule has 2 unspecified atom stereocenters. The van der Waals surface area contributed by atoms with Gasteiger partial charge in [0.2, 0.25) is 0 Å². The molecule has 0 amide bonds. The lowest BCUT2D eigenvalue weighted by atomic mass is 9.83. The van der Waals surface area contributed by atoms with E-state index in [1.54, 1.807) is 0 Å². The van der Waals surface area contributed by atoms with Gasteiger partial charge in [-0.05, 0) is 18.4 Å². The average molecular weight is 221 g/mol. The van der Waals surface area contributed by atoms with Gasteiger partial charge in [0.25, 0.3) is 0 Å². The van der Waals surface area contributed by atoms with Gasteiger partial charge < -0.3 is 10.8 Å². The van der Waals surface area contributed by atoms with E-state index in [0.717, 1.165) is 24.8 Å². The van der Waals surface area contributed by atoms with Crippen molar-refractivity contribution in [3.05, 3.63) is 35.9 Å². The topological polar surface area (TPSA) is 46.2 Å². The molecular formula is C14H23NO. The molecule has 0 saturated heterocycles. The lowest BCUT2D eigenvalue weighted by molar-refractivity contribution is -0.000759. The molecule has 0 bridgehead atoms. The normalized spacial score (nSPS) is 16.8. The van der Waals surface area contributed by atoms with Crippen LogP contribution in [0.4, 0.5) is 0 Å². The molecule has 3 N–H and O–H groups in total. The molecule has 0 spiro atoms. The zero-order valence-electron chi connectivity index (χ0n) is 10.3. The minimum absolute atomic E-state index is 0.287. The first-order valence-electron chi connectivity index (χ1n) is 6.17. The Kier molecular flexibility index (Phi) is 4.97. The summed E-state index contributed by atoms with van der Waals surface area (Å²) in [6, 6.07) is 9.57. The first-order chi connectivity index (χ1) is 7.64. The molecule has 1 rings (SSSR count). The molecule has 1 aromatic rings. The Morgan fingerprint density at radius 1 is 1.25 bits per heavy atom. The van der Waals surface area contributed by atoms with Crippen molar-refractivity contribution in [1.29, 1.82) is 0 Å². The van der Waals surface area contributed by atoms with Crippen molar-refractivity contribution >= 4 is 0 Å². The highest BCUT2D eigenvalue weighted by Gasteiger charge is 2.32. The maximum absolute atomic E-state index is 10.5. The van der Waals surface area contributed by atoms with Crippen LogP contribution in [-0.4, -0.2) is 10.7 Å². The van der Waals surface area contributed by atoms with Crippen LogP contribution in [0.3, 0.4) is 0 Å². The molecule has 2 atom stereocenters. The molecule has 0 aliphatic carbocycles. The minimum atomic E-state index is -0.767. The number of nitrogens with two attached hydrogens (primary N) is 1. The summed E-state index contributed by atoms with van der Waals surface area (Å²) in [7, 11) is 0. The molecule has 90 valence electrons. The van der Waals surface area contributed by atoms with Crippen LogP contribution >= 0.6 is 0 Å². The quantitative estimate of drug-likeness (QED) is 0.775. The van der Waals surface area contributed by atoms with Crippen LogP contribution in [0.1, 0.15) is 51.1 Å². The predicted molar refractivity (Wildman–Crippen MR) is 68.1 cm³/mol. The Labute approximate surface area is 98.5 Å². The smallest absolute Gasteiger partial charge is 0.0836 e. The second-order valence-electron chi connectivity index (χ2n) is 4.45. The maximum atomic E-state index is 10.5. The Hall–Kier alpha value is -0.860. The minimum Gasteiger partial charge on any atom is -0.388 e. The van der Waals surface area contributed by atoms with E-state index in [9.17, 15) is 5.11 Å². The molecule has 16 heavy (non-hydrogen) atoms. The largest absolute Gasteiger partial charge is 0.388 e. The third-order valence-electron chi connectivity index (χ3n) is 3.31. The first-order valence-corrected chi connectivity index (χ1v) is 6.17. The lowest BCUT2D eigenvalue weighted by Gasteiger charge is -2.33. The van der Waals surface area contributed by atoms with E-state index >= 15 is 0 Å². The van der Waals surface area contributed by atoms with Crippen molar-refractivity contribution in [1.82, 2.24) is 0 Å². The average Bonchev–Trinajstić information content (AvgIpc) is 2.36. The van der Waals surface area contributed by atoms with Crippen LogP contribution in [0.5, 0.6) is 0 Å². The van der Waals surface area contributed by atoms with Gasteiger partial charge in [-0.1, -0.05) is 57.0 Å². The van der Waals surface area contributed by atoms with E-state index < -0.39 is 5.60 Å². The van der Waals surface area contributed by atoms with Crippen LogP contribution in [0.25, 0.3) is 0 Å². The number of hydrogen-bond donors (Lipinski definition) is 2. The number of rotatable bonds is 6. The summed E-state index contributed by atoms with van der Waals surface area (Å²) in [6.07, 6.45) is 3.58. The molecule has 0 fully saturated rings. The van der Waals surface area contributed by atoms with Gasteiger partial charge in [0.15, 0.2) is 0 Å². The maximum Gasteiger partial charge on any atom is 0.0836 e. The van der Waals surface area contributed by atoms with Crippen molar-refractivity contribution in [3.8, 4) is 0 Å². The van der Waals surface area contributed by atoms with Crippen molar-refractivity contribution in [2.75, 3.05) is 0 Å². The van der Waals surface area contributed by atoms with Crippen molar-refractivity contribution in [2.24, 2.45) is 5.73 Å². The van der Waals surface area contributed by atoms with Crippen LogP contribution in [0.2, 0.25) is 0 Å². The third kappa shape index (κ3) is 3.06. The van der Waals surface area contributed by atoms with E-state index in [2.05, 4.69) is 6.92 Å². The molecule has 0 radical (unpaired) electrons. The van der Waals surface area contributed by atoms with E-state index in [1.165, 1.54) is 0 Å². The molecule has 0 aliphatic rings. The van der Waals surface area contributed by atoms with Gasteiger partial charge in [-0.2, -0.15) is 0 Å². The summed E-state index contributed by atoms with van der Waals surface area (Å²) in [5.41, 5.74) is 6.42. The summed E-state index contributed by atoms with van der Waals surface area (Å²) in [4.78, 5) is 0. The van der Waals surface area contributed by atoms with Gasteiger partial charge in [0, 0.05) is 0 Å². The van der Waals surface area contributed by atoms with Gasteiger partial charge in [-0.15, -0.1) is 0 Å². The third-order valence-corrected chi connectivity index (χ3v) is 3.31. The predicted octanol–water partition coefficient (Wildman–Crippen LogP) is 3.02. The summed E-state index contributed by atoms with van der Waals surface area (Å²) in [5, 5.41) is 10.5. The number of benzene rings is 1. The molecule has 2 heteroatoms. The highest BCUT2D eigenvalue weighted by atomic mass is 16.3.